The number of likely N-dealkylation sites (tertiary alicyclic amines) is 2. The van der Waals surface area contributed by atoms with Crippen molar-refractivity contribution in [2.24, 2.45) is 5.92 Å². The van der Waals surface area contributed by atoms with Crippen LogP contribution in [0.1, 0.15) is 81.1 Å². The highest BCUT2D eigenvalue weighted by Gasteiger charge is 2.37. The van der Waals surface area contributed by atoms with Crippen molar-refractivity contribution < 1.29 is 0 Å². The van der Waals surface area contributed by atoms with E-state index >= 15 is 0 Å². The zero-order valence-electron chi connectivity index (χ0n) is 20.9. The largest absolute Gasteiger partial charge is 0.300 e. The average Bonchev–Trinajstić information content (AvgIpc) is 2.60. The van der Waals surface area contributed by atoms with Crippen LogP contribution in [0.15, 0.2) is 0 Å². The van der Waals surface area contributed by atoms with Crippen LogP contribution in [-0.4, -0.2) is 94.6 Å². The number of hydrogen-bond donors (Lipinski definition) is 0. The number of piperazine rings is 1. The topological polar surface area (TPSA) is 13.0 Å². The van der Waals surface area contributed by atoms with Gasteiger partial charge in [0.2, 0.25) is 0 Å². The van der Waals surface area contributed by atoms with Crippen molar-refractivity contribution in [1.29, 1.82) is 0 Å². The molecule has 0 saturated carbocycles. The fourth-order valence-corrected chi connectivity index (χ4v) is 6.67. The Bertz CT molecular complexity index is 492. The predicted molar refractivity (Wildman–Crippen MR) is 126 cm³/mol. The van der Waals surface area contributed by atoms with Crippen molar-refractivity contribution in [2.75, 3.05) is 45.8 Å². The number of rotatable bonds is 3. The number of piperidine rings is 2. The molecule has 3 rings (SSSR count). The molecule has 0 aromatic rings. The fraction of sp³-hybridized carbons (Fsp3) is 1.00. The summed E-state index contributed by atoms with van der Waals surface area (Å²) in [6.45, 7) is 28.1. The van der Waals surface area contributed by atoms with Crippen LogP contribution in [0.2, 0.25) is 0 Å². The van der Waals surface area contributed by atoms with E-state index in [1.807, 2.05) is 0 Å². The Labute approximate surface area is 182 Å². The second kappa shape index (κ2) is 9.14. The van der Waals surface area contributed by atoms with Gasteiger partial charge in [0.25, 0.3) is 0 Å². The van der Waals surface area contributed by atoms with Crippen LogP contribution in [0.5, 0.6) is 0 Å². The summed E-state index contributed by atoms with van der Waals surface area (Å²) in [6.07, 6.45) is 5.54. The maximum absolute atomic E-state index is 2.83. The van der Waals surface area contributed by atoms with Crippen molar-refractivity contribution in [3.8, 4) is 0 Å². The highest BCUT2D eigenvalue weighted by Crippen LogP contribution is 2.29. The third-order valence-electron chi connectivity index (χ3n) is 7.86. The maximum atomic E-state index is 2.83. The molecule has 0 amide bonds. The normalized spacial score (nSPS) is 31.4. The van der Waals surface area contributed by atoms with Crippen molar-refractivity contribution in [2.45, 2.75) is 110 Å². The number of nitrogens with zero attached hydrogens (tertiary/aromatic N) is 4. The fourth-order valence-electron chi connectivity index (χ4n) is 6.67. The van der Waals surface area contributed by atoms with Crippen molar-refractivity contribution >= 4 is 0 Å². The van der Waals surface area contributed by atoms with Gasteiger partial charge in [-0.15, -0.1) is 0 Å². The first-order valence-electron chi connectivity index (χ1n) is 12.4. The van der Waals surface area contributed by atoms with Gasteiger partial charge >= 0.3 is 0 Å². The minimum absolute atomic E-state index is 0.277. The predicted octanol–water partition coefficient (Wildman–Crippen LogP) is 4.15. The highest BCUT2D eigenvalue weighted by molar-refractivity contribution is 4.93. The summed E-state index contributed by atoms with van der Waals surface area (Å²) in [4.78, 5) is 11.0. The maximum Gasteiger partial charge on any atom is 0.0203 e. The van der Waals surface area contributed by atoms with E-state index in [-0.39, 0.29) is 5.54 Å². The van der Waals surface area contributed by atoms with Gasteiger partial charge in [-0.2, -0.15) is 0 Å². The zero-order valence-corrected chi connectivity index (χ0v) is 20.9. The summed E-state index contributed by atoms with van der Waals surface area (Å²) in [6, 6.07) is 2.16. The Balaban J connectivity index is 1.42. The SMILES string of the molecule is CC1CN(CC2CCN(C3CCN(C(C)(C)C)CC3)CC2)CC(C)N1C(C)(C)C. The molecule has 0 aromatic carbocycles. The van der Waals surface area contributed by atoms with Gasteiger partial charge in [-0.25, -0.2) is 0 Å². The smallest absolute Gasteiger partial charge is 0.0203 e. The molecule has 3 aliphatic rings. The zero-order chi connectivity index (χ0) is 21.4. The van der Waals surface area contributed by atoms with Gasteiger partial charge in [-0.3, -0.25) is 14.7 Å². The van der Waals surface area contributed by atoms with Gasteiger partial charge in [0.1, 0.15) is 0 Å². The summed E-state index contributed by atoms with van der Waals surface area (Å²) < 4.78 is 0. The van der Waals surface area contributed by atoms with Gasteiger partial charge in [-0.05, 0) is 100 Å². The van der Waals surface area contributed by atoms with E-state index in [9.17, 15) is 0 Å². The van der Waals surface area contributed by atoms with E-state index in [0.717, 1.165) is 12.0 Å². The minimum atomic E-state index is 0.277. The molecule has 3 aliphatic heterocycles. The molecule has 0 aromatic heterocycles. The Morgan fingerprint density at radius 2 is 1.21 bits per heavy atom. The van der Waals surface area contributed by atoms with E-state index in [1.54, 1.807) is 0 Å². The summed E-state index contributed by atoms with van der Waals surface area (Å²) in [5.74, 6) is 0.904. The second-order valence-electron chi connectivity index (χ2n) is 12.4. The van der Waals surface area contributed by atoms with Gasteiger partial charge in [0.05, 0.1) is 0 Å². The Morgan fingerprint density at radius 1 is 0.690 bits per heavy atom. The minimum Gasteiger partial charge on any atom is -0.300 e. The summed E-state index contributed by atoms with van der Waals surface area (Å²) >= 11 is 0. The lowest BCUT2D eigenvalue weighted by atomic mass is 9.91. The van der Waals surface area contributed by atoms with E-state index in [0.29, 0.717) is 17.6 Å². The molecule has 0 radical (unpaired) electrons. The molecule has 0 N–H and O–H groups in total. The van der Waals surface area contributed by atoms with E-state index in [1.165, 1.54) is 71.5 Å². The van der Waals surface area contributed by atoms with Crippen molar-refractivity contribution in [3.05, 3.63) is 0 Å². The molecule has 3 heterocycles. The lowest BCUT2D eigenvalue weighted by Gasteiger charge is -2.51. The number of hydrogen-bond acceptors (Lipinski definition) is 4. The first-order chi connectivity index (χ1) is 13.4. The quantitative estimate of drug-likeness (QED) is 0.698. The van der Waals surface area contributed by atoms with Crippen LogP contribution in [0.3, 0.4) is 0 Å². The van der Waals surface area contributed by atoms with Gasteiger partial charge in [0.15, 0.2) is 0 Å². The summed E-state index contributed by atoms with van der Waals surface area (Å²) in [7, 11) is 0. The molecule has 3 fully saturated rings. The molecule has 170 valence electrons. The lowest BCUT2D eigenvalue weighted by molar-refractivity contribution is -0.0306. The Kier molecular flexibility index (Phi) is 7.41. The van der Waals surface area contributed by atoms with Crippen molar-refractivity contribution in [1.82, 2.24) is 19.6 Å². The van der Waals surface area contributed by atoms with Gasteiger partial charge in [0, 0.05) is 61.9 Å². The van der Waals surface area contributed by atoms with Crippen LogP contribution in [0.25, 0.3) is 0 Å². The van der Waals surface area contributed by atoms with Gasteiger partial charge in [-0.1, -0.05) is 0 Å². The monoisotopic (exact) mass is 406 g/mol. The van der Waals surface area contributed by atoms with E-state index in [4.69, 9.17) is 0 Å². The van der Waals surface area contributed by atoms with Crippen molar-refractivity contribution in [3.63, 3.8) is 0 Å². The molecule has 29 heavy (non-hydrogen) atoms. The molecular weight excluding hydrogens is 356 g/mol. The Hall–Kier alpha value is -0.160. The molecule has 0 bridgehead atoms. The highest BCUT2D eigenvalue weighted by atomic mass is 15.3. The average molecular weight is 407 g/mol. The summed E-state index contributed by atoms with van der Waals surface area (Å²) in [5, 5.41) is 0. The first-order valence-corrected chi connectivity index (χ1v) is 12.4. The van der Waals surface area contributed by atoms with Crippen LogP contribution in [0, 0.1) is 5.92 Å². The second-order valence-corrected chi connectivity index (χ2v) is 12.4. The third kappa shape index (κ3) is 5.96. The standard InChI is InChI=1S/C25H50N4/c1-20-17-26(18-21(2)29(20)25(6,7)8)19-22-9-13-27(14-10-22)23-11-15-28(16-12-23)24(3,4)5/h20-23H,9-19H2,1-8H3. The third-order valence-corrected chi connectivity index (χ3v) is 7.86. The van der Waals surface area contributed by atoms with Gasteiger partial charge < -0.3 is 4.90 Å². The van der Waals surface area contributed by atoms with E-state index in [2.05, 4.69) is 75.0 Å². The Morgan fingerprint density at radius 3 is 1.66 bits per heavy atom. The molecule has 4 nitrogen and oxygen atoms in total. The lowest BCUT2D eigenvalue weighted by Crippen LogP contribution is -2.63. The molecular formula is C25H50N4. The van der Waals surface area contributed by atoms with Crippen LogP contribution < -0.4 is 0 Å². The molecule has 2 atom stereocenters. The molecule has 0 aliphatic carbocycles. The van der Waals surface area contributed by atoms with Crippen LogP contribution >= 0.6 is 0 Å². The molecule has 3 saturated heterocycles. The summed E-state index contributed by atoms with van der Waals surface area (Å²) in [5.41, 5.74) is 0.613. The van der Waals surface area contributed by atoms with Crippen LogP contribution in [-0.2, 0) is 0 Å². The molecule has 2 unspecified atom stereocenters. The van der Waals surface area contributed by atoms with E-state index < -0.39 is 0 Å². The molecule has 0 spiro atoms. The first kappa shape index (κ1) is 23.5. The van der Waals surface area contributed by atoms with Crippen LogP contribution in [0.4, 0.5) is 0 Å². The molecule has 4 heteroatoms.